The molecule has 1 heterocycles. The first-order valence-corrected chi connectivity index (χ1v) is 9.63. The molecule has 2 N–H and O–H groups in total. The predicted octanol–water partition coefficient (Wildman–Crippen LogP) is 1.09. The predicted molar refractivity (Wildman–Crippen MR) is 86.4 cm³/mol. The minimum atomic E-state index is -3.04. The summed E-state index contributed by atoms with van der Waals surface area (Å²) in [6.07, 6.45) is 2.33. The monoisotopic (exact) mass is 336 g/mol. The van der Waals surface area contributed by atoms with Crippen LogP contribution in [-0.4, -0.2) is 31.7 Å². The maximum atomic E-state index is 12.0. The van der Waals surface area contributed by atoms with Crippen molar-refractivity contribution in [2.24, 2.45) is 11.8 Å². The second kappa shape index (κ2) is 6.31. The van der Waals surface area contributed by atoms with E-state index in [4.69, 9.17) is 0 Å². The van der Waals surface area contributed by atoms with Crippen molar-refractivity contribution >= 4 is 27.3 Å². The van der Waals surface area contributed by atoms with Crippen LogP contribution in [0.15, 0.2) is 24.3 Å². The number of carbonyl (C=O) groups is 2. The van der Waals surface area contributed by atoms with Crippen molar-refractivity contribution in [3.8, 4) is 0 Å². The van der Waals surface area contributed by atoms with Crippen LogP contribution in [0.4, 0.5) is 5.69 Å². The first kappa shape index (κ1) is 16.0. The third-order valence-corrected chi connectivity index (χ3v) is 6.01. The lowest BCUT2D eigenvalue weighted by Gasteiger charge is -2.10. The second-order valence-corrected chi connectivity index (χ2v) is 8.51. The van der Waals surface area contributed by atoms with Crippen molar-refractivity contribution in [2.45, 2.75) is 25.8 Å². The average molecular weight is 336 g/mol. The van der Waals surface area contributed by atoms with E-state index in [1.54, 1.807) is 0 Å². The normalized spacial score (nSPS) is 22.5. The standard InChI is InChI=1S/C16H20N2O4S/c19-15(13-7-8-23(21,22)10-13)17-9-11-1-5-14(6-2-11)18-16(20)12-3-4-12/h1-2,5-6,12-13H,3-4,7-10H2,(H,17,19)(H,18,20). The van der Waals surface area contributed by atoms with E-state index in [-0.39, 0.29) is 29.2 Å². The Bertz CT molecular complexity index is 708. The van der Waals surface area contributed by atoms with Crippen LogP contribution < -0.4 is 10.6 Å². The van der Waals surface area contributed by atoms with Gasteiger partial charge in [-0.25, -0.2) is 8.42 Å². The summed E-state index contributed by atoms with van der Waals surface area (Å²) in [6.45, 7) is 0.353. The van der Waals surface area contributed by atoms with E-state index >= 15 is 0 Å². The molecule has 1 saturated carbocycles. The van der Waals surface area contributed by atoms with Crippen LogP contribution >= 0.6 is 0 Å². The number of sulfone groups is 1. The first-order chi connectivity index (χ1) is 10.9. The van der Waals surface area contributed by atoms with Gasteiger partial charge >= 0.3 is 0 Å². The second-order valence-electron chi connectivity index (χ2n) is 6.28. The van der Waals surface area contributed by atoms with E-state index in [1.807, 2.05) is 24.3 Å². The van der Waals surface area contributed by atoms with Gasteiger partial charge in [0.2, 0.25) is 11.8 Å². The van der Waals surface area contributed by atoms with Crippen molar-refractivity contribution in [1.29, 1.82) is 0 Å². The number of carbonyl (C=O) groups excluding carboxylic acids is 2. The number of benzene rings is 1. The molecule has 1 aromatic carbocycles. The Morgan fingerprint density at radius 2 is 1.70 bits per heavy atom. The molecule has 2 aliphatic rings. The topological polar surface area (TPSA) is 92.3 Å². The van der Waals surface area contributed by atoms with E-state index in [9.17, 15) is 18.0 Å². The molecule has 124 valence electrons. The summed E-state index contributed by atoms with van der Waals surface area (Å²) in [7, 11) is -3.04. The fourth-order valence-corrected chi connectivity index (χ4v) is 4.37. The zero-order valence-corrected chi connectivity index (χ0v) is 13.6. The highest BCUT2D eigenvalue weighted by atomic mass is 32.2. The van der Waals surface area contributed by atoms with Crippen LogP contribution in [0.3, 0.4) is 0 Å². The summed E-state index contributed by atoms with van der Waals surface area (Å²) in [5.74, 6) is -0.370. The summed E-state index contributed by atoms with van der Waals surface area (Å²) in [5.41, 5.74) is 1.66. The lowest BCUT2D eigenvalue weighted by atomic mass is 10.1. The molecule has 1 unspecified atom stereocenters. The molecule has 7 heteroatoms. The van der Waals surface area contributed by atoms with E-state index < -0.39 is 15.8 Å². The molecule has 23 heavy (non-hydrogen) atoms. The Labute approximate surface area is 135 Å². The molecule has 6 nitrogen and oxygen atoms in total. The number of rotatable bonds is 5. The van der Waals surface area contributed by atoms with Crippen LogP contribution in [0.1, 0.15) is 24.8 Å². The molecule has 3 rings (SSSR count). The number of hydrogen-bond acceptors (Lipinski definition) is 4. The summed E-state index contributed by atoms with van der Waals surface area (Å²) in [5, 5.41) is 5.63. The molecule has 1 saturated heterocycles. The Morgan fingerprint density at radius 3 is 2.26 bits per heavy atom. The van der Waals surface area contributed by atoms with E-state index in [0.717, 1.165) is 24.1 Å². The molecule has 1 aromatic rings. The van der Waals surface area contributed by atoms with Crippen molar-refractivity contribution in [1.82, 2.24) is 5.32 Å². The van der Waals surface area contributed by atoms with Gasteiger partial charge in [0.1, 0.15) is 0 Å². The van der Waals surface area contributed by atoms with Gasteiger partial charge in [0.05, 0.1) is 17.4 Å². The minimum Gasteiger partial charge on any atom is -0.352 e. The van der Waals surface area contributed by atoms with Crippen molar-refractivity contribution in [3.63, 3.8) is 0 Å². The van der Waals surface area contributed by atoms with Gasteiger partial charge in [-0.3, -0.25) is 9.59 Å². The molecule has 1 atom stereocenters. The lowest BCUT2D eigenvalue weighted by molar-refractivity contribution is -0.124. The highest BCUT2D eigenvalue weighted by Gasteiger charge is 2.32. The van der Waals surface area contributed by atoms with Crippen LogP contribution in [0.5, 0.6) is 0 Å². The van der Waals surface area contributed by atoms with Crippen molar-refractivity contribution in [3.05, 3.63) is 29.8 Å². The van der Waals surface area contributed by atoms with Crippen LogP contribution in [0, 0.1) is 11.8 Å². The third kappa shape index (κ3) is 4.31. The first-order valence-electron chi connectivity index (χ1n) is 7.81. The molecule has 0 bridgehead atoms. The molecular weight excluding hydrogens is 316 g/mol. The molecule has 2 amide bonds. The summed E-state index contributed by atoms with van der Waals surface area (Å²) >= 11 is 0. The van der Waals surface area contributed by atoms with E-state index in [2.05, 4.69) is 10.6 Å². The highest BCUT2D eigenvalue weighted by Crippen LogP contribution is 2.30. The molecule has 2 fully saturated rings. The molecule has 1 aliphatic heterocycles. The van der Waals surface area contributed by atoms with Gasteiger partial charge in [-0.1, -0.05) is 12.1 Å². The van der Waals surface area contributed by atoms with Gasteiger partial charge in [-0.2, -0.15) is 0 Å². The summed E-state index contributed by atoms with van der Waals surface area (Å²) < 4.78 is 22.8. The molecule has 1 aliphatic carbocycles. The van der Waals surface area contributed by atoms with E-state index in [1.165, 1.54) is 0 Å². The zero-order chi connectivity index (χ0) is 16.4. The highest BCUT2D eigenvalue weighted by molar-refractivity contribution is 7.91. The maximum absolute atomic E-state index is 12.0. The SMILES string of the molecule is O=C(NCc1ccc(NC(=O)C2CC2)cc1)C1CCS(=O)(=O)C1. The van der Waals surface area contributed by atoms with Gasteiger partial charge in [-0.15, -0.1) is 0 Å². The Morgan fingerprint density at radius 1 is 1.00 bits per heavy atom. The van der Waals surface area contributed by atoms with Gasteiger partial charge in [0.25, 0.3) is 0 Å². The van der Waals surface area contributed by atoms with Gasteiger partial charge in [0, 0.05) is 18.2 Å². The van der Waals surface area contributed by atoms with Crippen molar-refractivity contribution in [2.75, 3.05) is 16.8 Å². The van der Waals surface area contributed by atoms with Crippen molar-refractivity contribution < 1.29 is 18.0 Å². The third-order valence-electron chi connectivity index (χ3n) is 4.24. The number of amides is 2. The average Bonchev–Trinajstić information content (AvgIpc) is 3.30. The van der Waals surface area contributed by atoms with Crippen LogP contribution in [-0.2, 0) is 26.0 Å². The number of anilines is 1. The van der Waals surface area contributed by atoms with Gasteiger partial charge in [0.15, 0.2) is 9.84 Å². The largest absolute Gasteiger partial charge is 0.352 e. The summed E-state index contributed by atoms with van der Waals surface area (Å²) in [6, 6.07) is 7.30. The fraction of sp³-hybridized carbons (Fsp3) is 0.500. The Hall–Kier alpha value is -1.89. The zero-order valence-electron chi connectivity index (χ0n) is 12.7. The Kier molecular flexibility index (Phi) is 4.39. The van der Waals surface area contributed by atoms with E-state index in [0.29, 0.717) is 13.0 Å². The van der Waals surface area contributed by atoms with Crippen LogP contribution in [0.2, 0.25) is 0 Å². The minimum absolute atomic E-state index is 0.0506. The Balaban J connectivity index is 1.48. The molecular formula is C16H20N2O4S. The van der Waals surface area contributed by atoms with Crippen LogP contribution in [0.25, 0.3) is 0 Å². The molecule has 0 radical (unpaired) electrons. The molecule has 0 spiro atoms. The maximum Gasteiger partial charge on any atom is 0.227 e. The van der Waals surface area contributed by atoms with Gasteiger partial charge in [-0.05, 0) is 37.0 Å². The molecule has 0 aromatic heterocycles. The fourth-order valence-electron chi connectivity index (χ4n) is 2.63. The number of nitrogens with one attached hydrogen (secondary N) is 2. The number of hydrogen-bond donors (Lipinski definition) is 2. The quantitative estimate of drug-likeness (QED) is 0.842. The van der Waals surface area contributed by atoms with Gasteiger partial charge < -0.3 is 10.6 Å². The smallest absolute Gasteiger partial charge is 0.227 e. The summed E-state index contributed by atoms with van der Waals surface area (Å²) in [4.78, 5) is 23.6. The lowest BCUT2D eigenvalue weighted by Crippen LogP contribution is -2.30.